The van der Waals surface area contributed by atoms with E-state index in [2.05, 4.69) is 41.3 Å². The molecular formula is C13H21P. The van der Waals surface area contributed by atoms with E-state index < -0.39 is 0 Å². The van der Waals surface area contributed by atoms with Gasteiger partial charge in [0, 0.05) is 0 Å². The van der Waals surface area contributed by atoms with E-state index in [9.17, 15) is 0 Å². The van der Waals surface area contributed by atoms with Gasteiger partial charge in [-0.25, -0.2) is 0 Å². The molecule has 0 nitrogen and oxygen atoms in total. The van der Waals surface area contributed by atoms with E-state index in [4.69, 9.17) is 0 Å². The van der Waals surface area contributed by atoms with Crippen molar-refractivity contribution in [2.75, 3.05) is 0 Å². The second-order valence-electron chi connectivity index (χ2n) is 3.80. The van der Waals surface area contributed by atoms with Gasteiger partial charge in [-0.2, -0.15) is 0 Å². The van der Waals surface area contributed by atoms with Crippen molar-refractivity contribution in [1.82, 2.24) is 0 Å². The summed E-state index contributed by atoms with van der Waals surface area (Å²) >= 11 is 0. The number of aryl methyl sites for hydroxylation is 1. The predicted molar refractivity (Wildman–Crippen MR) is 68.4 cm³/mol. The van der Waals surface area contributed by atoms with Crippen molar-refractivity contribution in [2.24, 2.45) is 0 Å². The van der Waals surface area contributed by atoms with E-state index in [0.717, 1.165) is 6.42 Å². The number of hydrogen-bond donors (Lipinski definition) is 0. The van der Waals surface area contributed by atoms with Crippen LogP contribution in [0.15, 0.2) is 18.2 Å². The Morgan fingerprint density at radius 2 is 1.93 bits per heavy atom. The Hall–Kier alpha value is -0.350. The van der Waals surface area contributed by atoms with Gasteiger partial charge in [0.1, 0.15) is 0 Å². The van der Waals surface area contributed by atoms with E-state index in [1.165, 1.54) is 36.6 Å². The molecular weight excluding hydrogens is 187 g/mol. The summed E-state index contributed by atoms with van der Waals surface area (Å²) in [5, 5.41) is 1.39. The van der Waals surface area contributed by atoms with Crippen LogP contribution in [0.1, 0.15) is 44.2 Å². The number of unbranched alkanes of at least 4 members (excludes halogenated alkanes) is 2. The summed E-state index contributed by atoms with van der Waals surface area (Å²) in [7, 11) is 2.86. The van der Waals surface area contributed by atoms with Crippen LogP contribution < -0.4 is 5.30 Å². The molecule has 1 atom stereocenters. The standard InChI is InChI=1S/C13H21P/c1-3-5-6-9-12-11(4-2)8-7-10-13(12)14/h7-8,10H,3-6,9,14H2,1-2H3. The van der Waals surface area contributed by atoms with Gasteiger partial charge in [-0.1, -0.05) is 44.9 Å². The Labute approximate surface area is 90.3 Å². The first-order valence-corrected chi connectivity index (χ1v) is 6.23. The quantitative estimate of drug-likeness (QED) is 0.513. The molecule has 1 rings (SSSR count). The Kier molecular flexibility index (Phi) is 5.19. The molecule has 0 heterocycles. The summed E-state index contributed by atoms with van der Waals surface area (Å²) in [6, 6.07) is 6.62. The number of benzene rings is 1. The van der Waals surface area contributed by atoms with Crippen LogP contribution in [-0.2, 0) is 12.8 Å². The van der Waals surface area contributed by atoms with Gasteiger partial charge >= 0.3 is 0 Å². The molecule has 0 saturated carbocycles. The van der Waals surface area contributed by atoms with Gasteiger partial charge in [0.25, 0.3) is 0 Å². The van der Waals surface area contributed by atoms with Crippen LogP contribution in [0.4, 0.5) is 0 Å². The molecule has 0 aliphatic carbocycles. The molecule has 0 radical (unpaired) electrons. The normalized spacial score (nSPS) is 10.5. The number of rotatable bonds is 5. The molecule has 78 valence electrons. The first kappa shape index (κ1) is 11.7. The molecule has 0 aliphatic rings. The molecule has 1 aromatic carbocycles. The minimum atomic E-state index is 1.16. The molecule has 1 heteroatoms. The van der Waals surface area contributed by atoms with Gasteiger partial charge in [0.05, 0.1) is 0 Å². The highest BCUT2D eigenvalue weighted by Crippen LogP contribution is 2.13. The van der Waals surface area contributed by atoms with Crippen LogP contribution >= 0.6 is 9.24 Å². The molecule has 0 aliphatic heterocycles. The lowest BCUT2D eigenvalue weighted by atomic mass is 10.00. The van der Waals surface area contributed by atoms with Gasteiger partial charge in [0.2, 0.25) is 0 Å². The van der Waals surface area contributed by atoms with Crippen molar-refractivity contribution < 1.29 is 0 Å². The average Bonchev–Trinajstić information content (AvgIpc) is 2.20. The summed E-state index contributed by atoms with van der Waals surface area (Å²) in [6.45, 7) is 4.50. The third-order valence-electron chi connectivity index (χ3n) is 2.72. The second kappa shape index (κ2) is 6.19. The van der Waals surface area contributed by atoms with Crippen molar-refractivity contribution in [3.05, 3.63) is 29.3 Å². The van der Waals surface area contributed by atoms with Gasteiger partial charge in [0.15, 0.2) is 0 Å². The first-order valence-electron chi connectivity index (χ1n) is 5.65. The smallest absolute Gasteiger partial charge is 0.0268 e. The monoisotopic (exact) mass is 208 g/mol. The van der Waals surface area contributed by atoms with Gasteiger partial charge < -0.3 is 0 Å². The lowest BCUT2D eigenvalue weighted by molar-refractivity contribution is 0.715. The third-order valence-corrected chi connectivity index (χ3v) is 3.26. The molecule has 0 N–H and O–H groups in total. The highest BCUT2D eigenvalue weighted by Gasteiger charge is 2.03. The Balaban J connectivity index is 2.72. The summed E-state index contributed by atoms with van der Waals surface area (Å²) in [4.78, 5) is 0. The van der Waals surface area contributed by atoms with Crippen molar-refractivity contribution in [1.29, 1.82) is 0 Å². The highest BCUT2D eigenvalue weighted by atomic mass is 31.0. The predicted octanol–water partition coefficient (Wildman–Crippen LogP) is 3.48. The van der Waals surface area contributed by atoms with Crippen LogP contribution in [0, 0.1) is 0 Å². The van der Waals surface area contributed by atoms with E-state index in [1.807, 2.05) is 0 Å². The van der Waals surface area contributed by atoms with Crippen LogP contribution in [-0.4, -0.2) is 0 Å². The fourth-order valence-corrected chi connectivity index (χ4v) is 2.28. The topological polar surface area (TPSA) is 0 Å². The molecule has 0 saturated heterocycles. The van der Waals surface area contributed by atoms with Crippen LogP contribution in [0.5, 0.6) is 0 Å². The summed E-state index contributed by atoms with van der Waals surface area (Å²) < 4.78 is 0. The minimum absolute atomic E-state index is 1.16. The lowest BCUT2D eigenvalue weighted by Gasteiger charge is -2.10. The Bertz CT molecular complexity index is 279. The fraction of sp³-hybridized carbons (Fsp3) is 0.538. The average molecular weight is 208 g/mol. The number of hydrogen-bond acceptors (Lipinski definition) is 0. The Morgan fingerprint density at radius 1 is 1.14 bits per heavy atom. The maximum atomic E-state index is 2.86. The van der Waals surface area contributed by atoms with Gasteiger partial charge in [-0.05, 0) is 35.7 Å². The Morgan fingerprint density at radius 3 is 2.57 bits per heavy atom. The molecule has 14 heavy (non-hydrogen) atoms. The molecule has 0 fully saturated rings. The van der Waals surface area contributed by atoms with E-state index >= 15 is 0 Å². The molecule has 0 bridgehead atoms. The molecule has 0 aromatic heterocycles. The molecule has 1 aromatic rings. The SMILES string of the molecule is CCCCCc1c(P)cccc1CC. The minimum Gasteiger partial charge on any atom is -0.105 e. The van der Waals surface area contributed by atoms with Crippen molar-refractivity contribution >= 4 is 14.5 Å². The van der Waals surface area contributed by atoms with E-state index in [1.54, 1.807) is 5.56 Å². The molecule has 0 amide bonds. The summed E-state index contributed by atoms with van der Waals surface area (Å²) in [5.41, 5.74) is 3.09. The van der Waals surface area contributed by atoms with Crippen LogP contribution in [0.2, 0.25) is 0 Å². The first-order chi connectivity index (χ1) is 6.79. The maximum absolute atomic E-state index is 2.86. The zero-order chi connectivity index (χ0) is 10.4. The maximum Gasteiger partial charge on any atom is -0.0268 e. The lowest BCUT2D eigenvalue weighted by Crippen LogP contribution is -2.05. The molecule has 0 spiro atoms. The second-order valence-corrected chi connectivity index (χ2v) is 4.42. The van der Waals surface area contributed by atoms with E-state index in [0.29, 0.717) is 0 Å². The van der Waals surface area contributed by atoms with Crippen molar-refractivity contribution in [3.63, 3.8) is 0 Å². The van der Waals surface area contributed by atoms with E-state index in [-0.39, 0.29) is 0 Å². The summed E-state index contributed by atoms with van der Waals surface area (Å²) in [5.74, 6) is 0. The highest BCUT2D eigenvalue weighted by molar-refractivity contribution is 7.27. The summed E-state index contributed by atoms with van der Waals surface area (Å²) in [6.07, 6.45) is 6.39. The largest absolute Gasteiger partial charge is 0.105 e. The van der Waals surface area contributed by atoms with Crippen molar-refractivity contribution in [2.45, 2.75) is 46.0 Å². The zero-order valence-electron chi connectivity index (χ0n) is 9.34. The van der Waals surface area contributed by atoms with Crippen LogP contribution in [0.3, 0.4) is 0 Å². The molecule has 1 unspecified atom stereocenters. The van der Waals surface area contributed by atoms with Gasteiger partial charge in [-0.15, -0.1) is 9.24 Å². The van der Waals surface area contributed by atoms with Crippen LogP contribution in [0.25, 0.3) is 0 Å². The third kappa shape index (κ3) is 3.10. The van der Waals surface area contributed by atoms with Crippen molar-refractivity contribution in [3.8, 4) is 0 Å². The zero-order valence-corrected chi connectivity index (χ0v) is 10.5. The fourth-order valence-electron chi connectivity index (χ4n) is 1.84. The van der Waals surface area contributed by atoms with Gasteiger partial charge in [-0.3, -0.25) is 0 Å².